The molecule has 0 saturated carbocycles. The zero-order valence-electron chi connectivity index (χ0n) is 15.0. The van der Waals surface area contributed by atoms with Crippen molar-refractivity contribution in [3.63, 3.8) is 0 Å². The van der Waals surface area contributed by atoms with Crippen LogP contribution in [0.25, 0.3) is 0 Å². The van der Waals surface area contributed by atoms with Gasteiger partial charge < -0.3 is 0 Å². The van der Waals surface area contributed by atoms with Gasteiger partial charge in [-0.3, -0.25) is 0 Å². The molecule has 0 spiro atoms. The van der Waals surface area contributed by atoms with E-state index in [1.54, 1.807) is 0 Å². The van der Waals surface area contributed by atoms with E-state index in [0.29, 0.717) is 13.0 Å². The van der Waals surface area contributed by atoms with Gasteiger partial charge in [-0.2, -0.15) is 5.26 Å². The molecule has 0 aliphatic heterocycles. The molecule has 0 heterocycles. The third-order valence-electron chi connectivity index (χ3n) is 4.05. The summed E-state index contributed by atoms with van der Waals surface area (Å²) in [6, 6.07) is 2.14. The van der Waals surface area contributed by atoms with E-state index in [2.05, 4.69) is 17.7 Å². The van der Waals surface area contributed by atoms with Crippen LogP contribution in [0.3, 0.4) is 0 Å². The Hall–Kier alpha value is -0.600. The number of hydrogen-bond acceptors (Lipinski definition) is 3. The van der Waals surface area contributed by atoms with Crippen molar-refractivity contribution in [2.75, 3.05) is 12.3 Å². The maximum Gasteiger partial charge on any atom is 0.211 e. The van der Waals surface area contributed by atoms with Crippen LogP contribution in [0.4, 0.5) is 0 Å². The Morgan fingerprint density at radius 3 is 1.91 bits per heavy atom. The van der Waals surface area contributed by atoms with E-state index in [1.807, 2.05) is 0 Å². The summed E-state index contributed by atoms with van der Waals surface area (Å²) in [5.41, 5.74) is 0. The summed E-state index contributed by atoms with van der Waals surface area (Å²) in [4.78, 5) is 0. The van der Waals surface area contributed by atoms with E-state index < -0.39 is 10.0 Å². The highest BCUT2D eigenvalue weighted by atomic mass is 32.2. The number of unbranched alkanes of at least 4 members (excludes halogenated alkanes) is 12. The highest BCUT2D eigenvalue weighted by molar-refractivity contribution is 7.89. The molecule has 0 rings (SSSR count). The van der Waals surface area contributed by atoms with Crippen LogP contribution in [0.2, 0.25) is 0 Å². The summed E-state index contributed by atoms with van der Waals surface area (Å²) in [6.45, 7) is 2.77. The van der Waals surface area contributed by atoms with Crippen molar-refractivity contribution in [2.24, 2.45) is 0 Å². The summed E-state index contributed by atoms with van der Waals surface area (Å²) in [5.74, 6) is 0.268. The normalized spacial score (nSPS) is 11.5. The van der Waals surface area contributed by atoms with Gasteiger partial charge in [0.25, 0.3) is 0 Å². The average molecular weight is 345 g/mol. The van der Waals surface area contributed by atoms with E-state index in [9.17, 15) is 8.42 Å². The lowest BCUT2D eigenvalue weighted by Gasteiger charge is -2.07. The van der Waals surface area contributed by atoms with Crippen molar-refractivity contribution in [3.8, 4) is 6.07 Å². The molecule has 136 valence electrons. The SMILES string of the molecule is CCCCCCCCCCS(=O)(=O)NCCCCCCCC#N. The number of hydrogen-bond donors (Lipinski definition) is 1. The van der Waals surface area contributed by atoms with Crippen molar-refractivity contribution >= 4 is 10.0 Å². The molecule has 0 saturated heterocycles. The van der Waals surface area contributed by atoms with Crippen molar-refractivity contribution in [3.05, 3.63) is 0 Å². The van der Waals surface area contributed by atoms with Crippen LogP contribution >= 0.6 is 0 Å². The lowest BCUT2D eigenvalue weighted by atomic mass is 10.1. The Bertz CT molecular complexity index is 388. The lowest BCUT2D eigenvalue weighted by molar-refractivity contribution is 0.558. The molecule has 0 atom stereocenters. The van der Waals surface area contributed by atoms with Gasteiger partial charge >= 0.3 is 0 Å². The van der Waals surface area contributed by atoms with Gasteiger partial charge in [-0.05, 0) is 19.3 Å². The fourth-order valence-corrected chi connectivity index (χ4v) is 3.77. The van der Waals surface area contributed by atoms with E-state index in [1.165, 1.54) is 32.1 Å². The van der Waals surface area contributed by atoms with Crippen molar-refractivity contribution in [1.82, 2.24) is 4.72 Å². The highest BCUT2D eigenvalue weighted by Gasteiger charge is 2.08. The van der Waals surface area contributed by atoms with E-state index in [0.717, 1.165) is 51.4 Å². The Morgan fingerprint density at radius 1 is 0.783 bits per heavy atom. The summed E-state index contributed by atoms with van der Waals surface area (Å²) in [7, 11) is -3.08. The smallest absolute Gasteiger partial charge is 0.211 e. The summed E-state index contributed by atoms with van der Waals surface area (Å²) in [5, 5.41) is 8.42. The van der Waals surface area contributed by atoms with Gasteiger partial charge in [-0.25, -0.2) is 13.1 Å². The number of sulfonamides is 1. The molecule has 0 aromatic carbocycles. The third kappa shape index (κ3) is 17.6. The standard InChI is InChI=1S/C18H36N2O2S/c1-2-3-4-5-6-9-12-15-18-23(21,22)20-17-14-11-8-7-10-13-16-19/h20H,2-15,17-18H2,1H3. The third-order valence-corrected chi connectivity index (χ3v) is 5.52. The fourth-order valence-electron chi connectivity index (χ4n) is 2.59. The quantitative estimate of drug-likeness (QED) is 0.381. The number of nitriles is 1. The average Bonchev–Trinajstić information content (AvgIpc) is 2.52. The Balaban J connectivity index is 3.39. The molecule has 0 radical (unpaired) electrons. The molecule has 23 heavy (non-hydrogen) atoms. The van der Waals surface area contributed by atoms with Crippen LogP contribution in [0.15, 0.2) is 0 Å². The highest BCUT2D eigenvalue weighted by Crippen LogP contribution is 2.09. The Labute approximate surface area is 144 Å². The molecule has 0 fully saturated rings. The van der Waals surface area contributed by atoms with Gasteiger partial charge in [-0.15, -0.1) is 0 Å². The predicted octanol–water partition coefficient (Wildman–Crippen LogP) is 4.91. The van der Waals surface area contributed by atoms with Gasteiger partial charge in [0.05, 0.1) is 11.8 Å². The first-order chi connectivity index (χ1) is 11.1. The first-order valence-corrected chi connectivity index (χ1v) is 11.1. The van der Waals surface area contributed by atoms with Gasteiger partial charge in [0.2, 0.25) is 10.0 Å². The lowest BCUT2D eigenvalue weighted by Crippen LogP contribution is -2.27. The fraction of sp³-hybridized carbons (Fsp3) is 0.944. The first kappa shape index (κ1) is 22.4. The summed E-state index contributed by atoms with van der Waals surface area (Å²) >= 11 is 0. The molecule has 0 aromatic rings. The second kappa shape index (κ2) is 16.3. The molecule has 0 amide bonds. The van der Waals surface area contributed by atoms with E-state index in [-0.39, 0.29) is 5.75 Å². The van der Waals surface area contributed by atoms with Crippen molar-refractivity contribution in [1.29, 1.82) is 5.26 Å². The van der Waals surface area contributed by atoms with Gasteiger partial charge in [0, 0.05) is 13.0 Å². The molecule has 4 nitrogen and oxygen atoms in total. The summed E-state index contributed by atoms with van der Waals surface area (Å²) < 4.78 is 26.4. The maximum atomic E-state index is 11.8. The number of nitrogens with one attached hydrogen (secondary N) is 1. The summed E-state index contributed by atoms with van der Waals surface area (Å²) in [6.07, 6.45) is 15.0. The monoisotopic (exact) mass is 344 g/mol. The number of nitrogens with zero attached hydrogens (tertiary/aromatic N) is 1. The molecule has 0 aromatic heterocycles. The molecule has 1 N–H and O–H groups in total. The Morgan fingerprint density at radius 2 is 1.30 bits per heavy atom. The zero-order valence-corrected chi connectivity index (χ0v) is 15.8. The van der Waals surface area contributed by atoms with Crippen molar-refractivity contribution in [2.45, 2.75) is 96.8 Å². The zero-order chi connectivity index (χ0) is 17.2. The maximum absolute atomic E-state index is 11.8. The molecule has 0 aliphatic rings. The largest absolute Gasteiger partial charge is 0.215 e. The Kier molecular flexibility index (Phi) is 15.8. The van der Waals surface area contributed by atoms with Crippen LogP contribution in [-0.4, -0.2) is 20.7 Å². The first-order valence-electron chi connectivity index (χ1n) is 9.46. The van der Waals surface area contributed by atoms with Crippen LogP contribution in [0.5, 0.6) is 0 Å². The number of rotatable bonds is 17. The minimum atomic E-state index is -3.08. The van der Waals surface area contributed by atoms with E-state index in [4.69, 9.17) is 5.26 Å². The molecular weight excluding hydrogens is 308 g/mol. The van der Waals surface area contributed by atoms with Gasteiger partial charge in [0.15, 0.2) is 0 Å². The molecular formula is C18H36N2O2S. The molecule has 5 heteroatoms. The minimum absolute atomic E-state index is 0.268. The van der Waals surface area contributed by atoms with E-state index >= 15 is 0 Å². The predicted molar refractivity (Wildman–Crippen MR) is 97.7 cm³/mol. The van der Waals surface area contributed by atoms with Crippen molar-refractivity contribution < 1.29 is 8.42 Å². The minimum Gasteiger partial charge on any atom is -0.215 e. The van der Waals surface area contributed by atoms with Crippen LogP contribution in [0, 0.1) is 11.3 Å². The van der Waals surface area contributed by atoms with Gasteiger partial charge in [-0.1, -0.05) is 71.1 Å². The van der Waals surface area contributed by atoms with Crippen LogP contribution < -0.4 is 4.72 Å². The topological polar surface area (TPSA) is 70.0 Å². The second-order valence-electron chi connectivity index (χ2n) is 6.36. The van der Waals surface area contributed by atoms with Crippen LogP contribution in [0.1, 0.15) is 96.8 Å². The molecule has 0 unspecified atom stereocenters. The molecule has 0 aliphatic carbocycles. The molecule has 0 bridgehead atoms. The van der Waals surface area contributed by atoms with Crippen LogP contribution in [-0.2, 0) is 10.0 Å². The van der Waals surface area contributed by atoms with Gasteiger partial charge in [0.1, 0.15) is 0 Å². The second-order valence-corrected chi connectivity index (χ2v) is 8.29.